The van der Waals surface area contributed by atoms with Crippen molar-refractivity contribution in [3.63, 3.8) is 0 Å². The maximum absolute atomic E-state index is 12.7. The van der Waals surface area contributed by atoms with Gasteiger partial charge >= 0.3 is 5.97 Å². The second-order valence-corrected chi connectivity index (χ2v) is 4.05. The predicted octanol–water partition coefficient (Wildman–Crippen LogP) is 1.90. The summed E-state index contributed by atoms with van der Waals surface area (Å²) < 4.78 is 17.3. The summed E-state index contributed by atoms with van der Waals surface area (Å²) in [6.45, 7) is 0.455. The Balaban J connectivity index is 2.42. The van der Waals surface area contributed by atoms with Crippen LogP contribution in [0.3, 0.4) is 0 Å². The Labute approximate surface area is 101 Å². The van der Waals surface area contributed by atoms with E-state index in [9.17, 15) is 9.18 Å². The number of methoxy groups -OCH3 is 1. The lowest BCUT2D eigenvalue weighted by atomic mass is 9.96. The number of carbonyl (C=O) groups excluding carboxylic acids is 1. The number of benzene rings is 1. The minimum absolute atomic E-state index is 0.118. The summed E-state index contributed by atoms with van der Waals surface area (Å²) >= 11 is 0. The summed E-state index contributed by atoms with van der Waals surface area (Å²) in [5, 5.41) is 0. The van der Waals surface area contributed by atoms with Crippen molar-refractivity contribution in [3.8, 4) is 0 Å². The highest BCUT2D eigenvalue weighted by Crippen LogP contribution is 2.13. The summed E-state index contributed by atoms with van der Waals surface area (Å²) in [6, 6.07) is 6.38. The molecule has 0 aliphatic rings. The average molecular weight is 239 g/mol. The van der Waals surface area contributed by atoms with Crippen LogP contribution >= 0.6 is 0 Å². The van der Waals surface area contributed by atoms with E-state index in [0.717, 1.165) is 18.4 Å². The van der Waals surface area contributed by atoms with E-state index in [1.54, 1.807) is 12.1 Å². The molecule has 0 fully saturated rings. The fourth-order valence-electron chi connectivity index (χ4n) is 1.64. The molecule has 0 saturated heterocycles. The molecule has 0 aromatic heterocycles. The van der Waals surface area contributed by atoms with Gasteiger partial charge in [-0.3, -0.25) is 4.79 Å². The van der Waals surface area contributed by atoms with Gasteiger partial charge in [0, 0.05) is 6.42 Å². The maximum Gasteiger partial charge on any atom is 0.305 e. The van der Waals surface area contributed by atoms with Crippen molar-refractivity contribution in [2.24, 2.45) is 11.7 Å². The van der Waals surface area contributed by atoms with Crippen molar-refractivity contribution in [3.05, 3.63) is 35.6 Å². The topological polar surface area (TPSA) is 52.3 Å². The van der Waals surface area contributed by atoms with Gasteiger partial charge in [-0.2, -0.15) is 0 Å². The summed E-state index contributed by atoms with van der Waals surface area (Å²) in [6.07, 6.45) is 1.94. The Bertz CT molecular complexity index is 351. The Morgan fingerprint density at radius 1 is 1.41 bits per heavy atom. The minimum Gasteiger partial charge on any atom is -0.469 e. The Hall–Kier alpha value is -1.42. The van der Waals surface area contributed by atoms with Crippen molar-refractivity contribution in [2.45, 2.75) is 19.3 Å². The zero-order chi connectivity index (χ0) is 12.7. The molecule has 1 aromatic carbocycles. The molecule has 3 nitrogen and oxygen atoms in total. The van der Waals surface area contributed by atoms with E-state index >= 15 is 0 Å². The molecule has 0 aliphatic heterocycles. The van der Waals surface area contributed by atoms with E-state index < -0.39 is 0 Å². The second kappa shape index (κ2) is 7.01. The molecule has 94 valence electrons. The van der Waals surface area contributed by atoms with Crippen molar-refractivity contribution >= 4 is 5.97 Å². The molecule has 0 saturated carbocycles. The van der Waals surface area contributed by atoms with Gasteiger partial charge in [-0.05, 0) is 43.0 Å². The molecule has 4 heteroatoms. The van der Waals surface area contributed by atoms with Crippen LogP contribution < -0.4 is 5.73 Å². The van der Waals surface area contributed by atoms with Gasteiger partial charge in [0.1, 0.15) is 5.82 Å². The smallest absolute Gasteiger partial charge is 0.305 e. The van der Waals surface area contributed by atoms with Crippen LogP contribution in [0.5, 0.6) is 0 Å². The van der Waals surface area contributed by atoms with E-state index in [-0.39, 0.29) is 17.7 Å². The van der Waals surface area contributed by atoms with Gasteiger partial charge in [-0.1, -0.05) is 12.1 Å². The molecule has 0 amide bonds. The Morgan fingerprint density at radius 2 is 2.06 bits per heavy atom. The number of rotatable bonds is 6. The number of ether oxygens (including phenoxy) is 1. The first kappa shape index (κ1) is 13.6. The van der Waals surface area contributed by atoms with Crippen LogP contribution in [0.1, 0.15) is 18.4 Å². The number of hydrogen-bond donors (Lipinski definition) is 1. The molecule has 1 unspecified atom stereocenters. The molecular formula is C13H18FNO2. The third-order valence-electron chi connectivity index (χ3n) is 2.77. The fraction of sp³-hybridized carbons (Fsp3) is 0.462. The molecular weight excluding hydrogens is 221 g/mol. The molecule has 0 bridgehead atoms. The van der Waals surface area contributed by atoms with Gasteiger partial charge in [0.25, 0.3) is 0 Å². The molecule has 2 N–H and O–H groups in total. The number of esters is 1. The molecule has 0 spiro atoms. The summed E-state index contributed by atoms with van der Waals surface area (Å²) in [5.74, 6) is -0.356. The van der Waals surface area contributed by atoms with Crippen LogP contribution in [0, 0.1) is 11.7 Å². The van der Waals surface area contributed by atoms with Crippen molar-refractivity contribution in [1.82, 2.24) is 0 Å². The lowest BCUT2D eigenvalue weighted by Gasteiger charge is -2.12. The van der Waals surface area contributed by atoms with Crippen molar-refractivity contribution in [1.29, 1.82) is 0 Å². The zero-order valence-corrected chi connectivity index (χ0v) is 9.99. The van der Waals surface area contributed by atoms with Crippen LogP contribution in [0.25, 0.3) is 0 Å². The third-order valence-corrected chi connectivity index (χ3v) is 2.77. The number of aryl methyl sites for hydroxylation is 1. The van der Waals surface area contributed by atoms with Gasteiger partial charge in [-0.25, -0.2) is 4.39 Å². The molecule has 17 heavy (non-hydrogen) atoms. The first-order valence-corrected chi connectivity index (χ1v) is 5.67. The van der Waals surface area contributed by atoms with Crippen LogP contribution in [0.2, 0.25) is 0 Å². The average Bonchev–Trinajstić information content (AvgIpc) is 2.36. The highest BCUT2D eigenvalue weighted by Gasteiger charge is 2.12. The van der Waals surface area contributed by atoms with E-state index in [1.165, 1.54) is 19.2 Å². The van der Waals surface area contributed by atoms with Crippen LogP contribution in [-0.2, 0) is 16.0 Å². The zero-order valence-electron chi connectivity index (χ0n) is 9.99. The van der Waals surface area contributed by atoms with E-state index in [2.05, 4.69) is 4.74 Å². The summed E-state index contributed by atoms with van der Waals surface area (Å²) in [4.78, 5) is 11.1. The molecule has 0 heterocycles. The molecule has 1 atom stereocenters. The second-order valence-electron chi connectivity index (χ2n) is 4.05. The minimum atomic E-state index is -0.237. The van der Waals surface area contributed by atoms with Crippen LogP contribution in [0.15, 0.2) is 24.3 Å². The van der Waals surface area contributed by atoms with E-state index in [4.69, 9.17) is 5.73 Å². The quantitative estimate of drug-likeness (QED) is 0.771. The molecule has 1 rings (SSSR count). The predicted molar refractivity (Wildman–Crippen MR) is 63.9 cm³/mol. The van der Waals surface area contributed by atoms with E-state index in [0.29, 0.717) is 13.0 Å². The fourth-order valence-corrected chi connectivity index (χ4v) is 1.64. The van der Waals surface area contributed by atoms with Gasteiger partial charge in [0.05, 0.1) is 7.11 Å². The lowest BCUT2D eigenvalue weighted by molar-refractivity contribution is -0.141. The summed E-state index contributed by atoms with van der Waals surface area (Å²) in [5.41, 5.74) is 6.65. The molecule has 0 aliphatic carbocycles. The largest absolute Gasteiger partial charge is 0.469 e. The highest BCUT2D eigenvalue weighted by molar-refractivity contribution is 5.69. The maximum atomic E-state index is 12.7. The van der Waals surface area contributed by atoms with Crippen molar-refractivity contribution < 1.29 is 13.9 Å². The SMILES string of the molecule is COC(=O)CC(CN)CCc1ccc(F)cc1. The van der Waals surface area contributed by atoms with Gasteiger partial charge in [-0.15, -0.1) is 0 Å². The highest BCUT2D eigenvalue weighted by atomic mass is 19.1. The molecule has 0 radical (unpaired) electrons. The number of nitrogens with two attached hydrogens (primary N) is 1. The van der Waals surface area contributed by atoms with Gasteiger partial charge < -0.3 is 10.5 Å². The van der Waals surface area contributed by atoms with Crippen molar-refractivity contribution in [2.75, 3.05) is 13.7 Å². The normalized spacial score (nSPS) is 12.2. The van der Waals surface area contributed by atoms with Gasteiger partial charge in [0.15, 0.2) is 0 Å². The number of halogens is 1. The Morgan fingerprint density at radius 3 is 2.59 bits per heavy atom. The first-order valence-electron chi connectivity index (χ1n) is 5.67. The van der Waals surface area contributed by atoms with Gasteiger partial charge in [0.2, 0.25) is 0 Å². The lowest BCUT2D eigenvalue weighted by Crippen LogP contribution is -2.19. The first-order chi connectivity index (χ1) is 8.15. The Kier molecular flexibility index (Phi) is 5.63. The van der Waals surface area contributed by atoms with Crippen LogP contribution in [-0.4, -0.2) is 19.6 Å². The number of carbonyl (C=O) groups is 1. The summed E-state index contributed by atoms with van der Waals surface area (Å²) in [7, 11) is 1.37. The van der Waals surface area contributed by atoms with Crippen LogP contribution in [0.4, 0.5) is 4.39 Å². The molecule has 1 aromatic rings. The monoisotopic (exact) mass is 239 g/mol. The third kappa shape index (κ3) is 4.95. The number of hydrogen-bond acceptors (Lipinski definition) is 3. The van der Waals surface area contributed by atoms with E-state index in [1.807, 2.05) is 0 Å². The standard InChI is InChI=1S/C13H18FNO2/c1-17-13(16)8-11(9-15)3-2-10-4-6-12(14)7-5-10/h4-7,11H,2-3,8-9,15H2,1H3.